The number of amides is 1. The smallest absolute Gasteiger partial charge is 0.415 e. The standard InChI is InChI=1S/C18H15FN6O3/c1-24-22-17(21-23-24)13-3-2-9(7-20-13)10-4-11-6-14-15(8-26)28-18(27)25(14)16(11)12(19)5-10/h2-5,7,14-15,26H,6,8H2,1H3. The van der Waals surface area contributed by atoms with Gasteiger partial charge < -0.3 is 9.84 Å². The average Bonchev–Trinajstić information content (AvgIpc) is 3.37. The number of benzene rings is 1. The highest BCUT2D eigenvalue weighted by Crippen LogP contribution is 2.42. The SMILES string of the molecule is Cn1nnc(-c2ccc(-c3cc(F)c4c(c3)CC3C(CO)OC(=O)N43)cn2)n1. The number of aliphatic hydroxyl groups is 1. The van der Waals surface area contributed by atoms with Crippen molar-refractivity contribution >= 4 is 11.8 Å². The van der Waals surface area contributed by atoms with Crippen LogP contribution in [0.15, 0.2) is 30.5 Å². The summed E-state index contributed by atoms with van der Waals surface area (Å²) in [5, 5.41) is 21.2. The molecule has 0 saturated carbocycles. The van der Waals surface area contributed by atoms with Crippen molar-refractivity contribution in [3.8, 4) is 22.6 Å². The summed E-state index contributed by atoms with van der Waals surface area (Å²) < 4.78 is 20.0. The summed E-state index contributed by atoms with van der Waals surface area (Å²) in [6, 6.07) is 6.38. The Morgan fingerprint density at radius 2 is 2.18 bits per heavy atom. The molecule has 1 fully saturated rings. The lowest BCUT2D eigenvalue weighted by molar-refractivity contribution is 0.0830. The molecule has 2 unspecified atom stereocenters. The summed E-state index contributed by atoms with van der Waals surface area (Å²) in [5.41, 5.74) is 2.87. The van der Waals surface area contributed by atoms with Crippen LogP contribution in [-0.2, 0) is 18.2 Å². The third kappa shape index (κ3) is 2.45. The second kappa shape index (κ2) is 6.06. The van der Waals surface area contributed by atoms with Gasteiger partial charge in [-0.1, -0.05) is 6.07 Å². The molecule has 0 radical (unpaired) electrons. The minimum atomic E-state index is -0.650. The van der Waals surface area contributed by atoms with Crippen LogP contribution >= 0.6 is 0 Å². The molecule has 4 heterocycles. The Morgan fingerprint density at radius 3 is 2.86 bits per heavy atom. The molecule has 28 heavy (non-hydrogen) atoms. The Balaban J connectivity index is 1.49. The first-order valence-electron chi connectivity index (χ1n) is 8.69. The molecule has 2 aliphatic heterocycles. The van der Waals surface area contributed by atoms with Crippen molar-refractivity contribution in [2.45, 2.75) is 18.6 Å². The summed E-state index contributed by atoms with van der Waals surface area (Å²) in [6.45, 7) is -0.294. The molecule has 10 heteroatoms. The summed E-state index contributed by atoms with van der Waals surface area (Å²) in [7, 11) is 1.67. The number of aliphatic hydroxyl groups excluding tert-OH is 1. The lowest BCUT2D eigenvalue weighted by Crippen LogP contribution is -2.35. The zero-order chi connectivity index (χ0) is 19.4. The molecule has 5 rings (SSSR count). The van der Waals surface area contributed by atoms with Crippen LogP contribution < -0.4 is 4.90 Å². The van der Waals surface area contributed by atoms with Gasteiger partial charge in [0.1, 0.15) is 17.6 Å². The van der Waals surface area contributed by atoms with Crippen molar-refractivity contribution in [2.24, 2.45) is 7.05 Å². The summed E-state index contributed by atoms with van der Waals surface area (Å²) >= 11 is 0. The number of pyridine rings is 1. The molecule has 3 aromatic rings. The van der Waals surface area contributed by atoms with Crippen LogP contribution in [0, 0.1) is 5.82 Å². The van der Waals surface area contributed by atoms with Crippen LogP contribution in [-0.4, -0.2) is 55.1 Å². The van der Waals surface area contributed by atoms with Gasteiger partial charge in [0.05, 0.1) is 25.4 Å². The Hall–Kier alpha value is -3.40. The molecular weight excluding hydrogens is 367 g/mol. The fourth-order valence-corrected chi connectivity index (χ4v) is 3.76. The number of hydrogen-bond donors (Lipinski definition) is 1. The Kier molecular flexibility index (Phi) is 3.63. The van der Waals surface area contributed by atoms with Gasteiger partial charge in [-0.05, 0) is 41.0 Å². The highest BCUT2D eigenvalue weighted by Gasteiger charge is 2.48. The number of halogens is 1. The van der Waals surface area contributed by atoms with Crippen molar-refractivity contribution in [1.29, 1.82) is 0 Å². The van der Waals surface area contributed by atoms with Crippen molar-refractivity contribution < 1.29 is 19.0 Å². The maximum absolute atomic E-state index is 14.9. The number of aromatic nitrogens is 5. The number of hydrogen-bond acceptors (Lipinski definition) is 7. The number of ether oxygens (including phenoxy) is 1. The minimum absolute atomic E-state index is 0.225. The lowest BCUT2D eigenvalue weighted by Gasteiger charge is -2.15. The number of carbonyl (C=O) groups is 1. The van der Waals surface area contributed by atoms with E-state index in [-0.39, 0.29) is 18.3 Å². The Labute approximate surface area is 158 Å². The van der Waals surface area contributed by atoms with Crippen molar-refractivity contribution in [3.63, 3.8) is 0 Å². The van der Waals surface area contributed by atoms with E-state index in [4.69, 9.17) is 4.74 Å². The zero-order valence-corrected chi connectivity index (χ0v) is 14.8. The second-order valence-electron chi connectivity index (χ2n) is 6.75. The molecule has 0 spiro atoms. The van der Waals surface area contributed by atoms with Gasteiger partial charge in [0.2, 0.25) is 5.82 Å². The van der Waals surface area contributed by atoms with Gasteiger partial charge in [-0.2, -0.15) is 4.80 Å². The van der Waals surface area contributed by atoms with Gasteiger partial charge in [0, 0.05) is 11.8 Å². The maximum Gasteiger partial charge on any atom is 0.415 e. The summed E-state index contributed by atoms with van der Waals surface area (Å²) in [6.07, 6.45) is 0.764. The third-order valence-corrected chi connectivity index (χ3v) is 5.04. The minimum Gasteiger partial charge on any atom is -0.441 e. The van der Waals surface area contributed by atoms with E-state index >= 15 is 0 Å². The van der Waals surface area contributed by atoms with E-state index in [9.17, 15) is 14.3 Å². The lowest BCUT2D eigenvalue weighted by atomic mass is 10.0. The molecule has 2 aromatic heterocycles. The molecule has 1 amide bonds. The molecule has 2 atom stereocenters. The maximum atomic E-state index is 14.9. The molecule has 2 aliphatic rings. The quantitative estimate of drug-likeness (QED) is 0.728. The monoisotopic (exact) mass is 382 g/mol. The fraction of sp³-hybridized carbons (Fsp3) is 0.278. The van der Waals surface area contributed by atoms with Crippen molar-refractivity contribution in [3.05, 3.63) is 41.8 Å². The average molecular weight is 382 g/mol. The number of tetrazole rings is 1. The largest absolute Gasteiger partial charge is 0.441 e. The molecule has 1 aromatic carbocycles. The molecule has 0 aliphatic carbocycles. The van der Waals surface area contributed by atoms with E-state index in [0.717, 1.165) is 5.56 Å². The number of cyclic esters (lactones) is 1. The van der Waals surface area contributed by atoms with Crippen LogP contribution in [0.1, 0.15) is 5.56 Å². The number of aryl methyl sites for hydroxylation is 1. The first-order chi connectivity index (χ1) is 13.5. The number of nitrogens with zero attached hydrogens (tertiary/aromatic N) is 6. The van der Waals surface area contributed by atoms with Crippen molar-refractivity contribution in [1.82, 2.24) is 25.2 Å². The van der Waals surface area contributed by atoms with Gasteiger partial charge in [0.25, 0.3) is 0 Å². The predicted octanol–water partition coefficient (Wildman–Crippen LogP) is 1.32. The topological polar surface area (TPSA) is 106 Å². The summed E-state index contributed by atoms with van der Waals surface area (Å²) in [5.74, 6) is -0.103. The van der Waals surface area contributed by atoms with Crippen LogP contribution in [0.5, 0.6) is 0 Å². The Morgan fingerprint density at radius 1 is 1.32 bits per heavy atom. The van der Waals surface area contributed by atoms with Gasteiger partial charge in [-0.25, -0.2) is 9.18 Å². The fourth-order valence-electron chi connectivity index (χ4n) is 3.76. The molecule has 1 saturated heterocycles. The number of rotatable bonds is 3. The molecule has 142 valence electrons. The second-order valence-corrected chi connectivity index (χ2v) is 6.75. The van der Waals surface area contributed by atoms with Gasteiger partial charge in [0.15, 0.2) is 0 Å². The predicted molar refractivity (Wildman–Crippen MR) is 94.7 cm³/mol. The van der Waals surface area contributed by atoms with Crippen LogP contribution in [0.4, 0.5) is 14.9 Å². The molecule has 1 N–H and O–H groups in total. The van der Waals surface area contributed by atoms with E-state index in [2.05, 4.69) is 20.4 Å². The highest BCUT2D eigenvalue weighted by atomic mass is 19.1. The van der Waals surface area contributed by atoms with E-state index in [1.807, 2.05) is 6.07 Å². The zero-order valence-electron chi connectivity index (χ0n) is 14.8. The number of fused-ring (bicyclic) bond motifs is 3. The van der Waals surface area contributed by atoms with Crippen LogP contribution in [0.2, 0.25) is 0 Å². The van der Waals surface area contributed by atoms with E-state index in [1.165, 1.54) is 15.8 Å². The van der Waals surface area contributed by atoms with Crippen molar-refractivity contribution in [2.75, 3.05) is 11.5 Å². The van der Waals surface area contributed by atoms with E-state index < -0.39 is 18.0 Å². The first-order valence-corrected chi connectivity index (χ1v) is 8.69. The van der Waals surface area contributed by atoms with Gasteiger partial charge >= 0.3 is 6.09 Å². The summed E-state index contributed by atoms with van der Waals surface area (Å²) in [4.78, 5) is 19.1. The Bertz CT molecular complexity index is 1080. The van der Waals surface area contributed by atoms with Crippen LogP contribution in [0.3, 0.4) is 0 Å². The van der Waals surface area contributed by atoms with Gasteiger partial charge in [-0.15, -0.1) is 10.2 Å². The van der Waals surface area contributed by atoms with Crippen LogP contribution in [0.25, 0.3) is 22.6 Å². The first kappa shape index (κ1) is 16.8. The third-order valence-electron chi connectivity index (χ3n) is 5.04. The number of anilines is 1. The van der Waals surface area contributed by atoms with E-state index in [0.29, 0.717) is 29.1 Å². The van der Waals surface area contributed by atoms with E-state index in [1.54, 1.807) is 25.4 Å². The molecule has 9 nitrogen and oxygen atoms in total. The molecule has 0 bridgehead atoms. The highest BCUT2D eigenvalue weighted by molar-refractivity contribution is 5.94. The number of carbonyl (C=O) groups excluding carboxylic acids is 1. The normalized spacial score (nSPS) is 20.2. The van der Waals surface area contributed by atoms with Gasteiger partial charge in [-0.3, -0.25) is 9.88 Å². The molecular formula is C18H15FN6O3.